The smallest absolute Gasteiger partial charge is 0.303 e. The summed E-state index contributed by atoms with van der Waals surface area (Å²) in [5.74, 6) is -1.09. The topological polar surface area (TPSA) is 74.6 Å². The van der Waals surface area contributed by atoms with E-state index in [4.69, 9.17) is 5.11 Å². The summed E-state index contributed by atoms with van der Waals surface area (Å²) in [6, 6.07) is 15.7. The minimum atomic E-state index is -0.951. The number of phenolic OH excluding ortho intramolecular Hbond substituents is 1. The minimum absolute atomic E-state index is 0.0317. The van der Waals surface area contributed by atoms with Crippen molar-refractivity contribution in [1.29, 1.82) is 0 Å². The van der Waals surface area contributed by atoms with Crippen LogP contribution < -0.4 is 0 Å². The van der Waals surface area contributed by atoms with E-state index < -0.39 is 5.97 Å². The standard InChI is InChI=1S/C20H15BrO4/c21-14-8-5-12(6-9-14)19(24)17-11-13(7-10-18(22)23)20(25)16-4-2-1-3-15(16)17/h1-6,8-9,11,25H,7,10H2,(H,22,23). The monoisotopic (exact) mass is 398 g/mol. The highest BCUT2D eigenvalue weighted by atomic mass is 79.9. The van der Waals surface area contributed by atoms with E-state index in [0.717, 1.165) is 4.47 Å². The van der Waals surface area contributed by atoms with E-state index in [-0.39, 0.29) is 24.4 Å². The molecule has 0 fully saturated rings. The molecule has 0 atom stereocenters. The molecule has 0 saturated carbocycles. The number of carbonyl (C=O) groups excluding carboxylic acids is 1. The first-order valence-electron chi connectivity index (χ1n) is 7.73. The SMILES string of the molecule is O=C(O)CCc1cc(C(=O)c2ccc(Br)cc2)c2ccccc2c1O. The molecule has 4 nitrogen and oxygen atoms in total. The van der Waals surface area contributed by atoms with Gasteiger partial charge in [-0.1, -0.05) is 40.2 Å². The first kappa shape index (κ1) is 17.2. The van der Waals surface area contributed by atoms with Gasteiger partial charge in [0.15, 0.2) is 5.78 Å². The number of ketones is 1. The predicted octanol–water partition coefficient (Wildman–Crippen LogP) is 4.56. The van der Waals surface area contributed by atoms with Crippen molar-refractivity contribution in [2.24, 2.45) is 0 Å². The van der Waals surface area contributed by atoms with E-state index in [1.807, 2.05) is 0 Å². The first-order valence-corrected chi connectivity index (χ1v) is 8.52. The molecule has 2 N–H and O–H groups in total. The maximum Gasteiger partial charge on any atom is 0.303 e. The molecule has 0 aliphatic rings. The summed E-state index contributed by atoms with van der Waals surface area (Å²) in [4.78, 5) is 23.8. The third-order valence-corrected chi connectivity index (χ3v) is 4.58. The number of phenols is 1. The number of aliphatic carboxylic acids is 1. The van der Waals surface area contributed by atoms with Gasteiger partial charge in [0.05, 0.1) is 0 Å². The third-order valence-electron chi connectivity index (χ3n) is 4.05. The van der Waals surface area contributed by atoms with Crippen molar-refractivity contribution >= 4 is 38.5 Å². The van der Waals surface area contributed by atoms with Gasteiger partial charge in [0, 0.05) is 27.4 Å². The molecule has 0 saturated heterocycles. The Morgan fingerprint density at radius 1 is 0.960 bits per heavy atom. The molecule has 0 heterocycles. The van der Waals surface area contributed by atoms with E-state index in [9.17, 15) is 14.7 Å². The van der Waals surface area contributed by atoms with Gasteiger partial charge in [0.1, 0.15) is 5.75 Å². The number of halogens is 1. The minimum Gasteiger partial charge on any atom is -0.507 e. The van der Waals surface area contributed by atoms with Crippen molar-refractivity contribution in [3.05, 3.63) is 75.8 Å². The molecule has 0 unspecified atom stereocenters. The second-order valence-corrected chi connectivity index (χ2v) is 6.62. The van der Waals surface area contributed by atoms with Crippen LogP contribution in [-0.2, 0) is 11.2 Å². The van der Waals surface area contributed by atoms with E-state index in [0.29, 0.717) is 27.5 Å². The second-order valence-electron chi connectivity index (χ2n) is 5.71. The Morgan fingerprint density at radius 2 is 1.60 bits per heavy atom. The molecule has 25 heavy (non-hydrogen) atoms. The number of hydrogen-bond acceptors (Lipinski definition) is 3. The van der Waals surface area contributed by atoms with Crippen molar-refractivity contribution < 1.29 is 19.8 Å². The van der Waals surface area contributed by atoms with Gasteiger partial charge in [-0.05, 0) is 47.7 Å². The molecule has 3 aromatic carbocycles. The molecule has 3 aromatic rings. The summed E-state index contributed by atoms with van der Waals surface area (Å²) in [5, 5.41) is 20.6. The second kappa shape index (κ2) is 7.07. The maximum absolute atomic E-state index is 13.0. The highest BCUT2D eigenvalue weighted by Crippen LogP contribution is 2.33. The van der Waals surface area contributed by atoms with Gasteiger partial charge in [-0.2, -0.15) is 0 Å². The Hall–Kier alpha value is -2.66. The molecule has 0 aromatic heterocycles. The third kappa shape index (κ3) is 3.56. The van der Waals surface area contributed by atoms with Gasteiger partial charge >= 0.3 is 5.97 Å². The molecule has 5 heteroatoms. The van der Waals surface area contributed by atoms with Crippen LogP contribution in [0.15, 0.2) is 59.1 Å². The number of aromatic hydroxyl groups is 1. The summed E-state index contributed by atoms with van der Waals surface area (Å²) >= 11 is 3.35. The van der Waals surface area contributed by atoms with Gasteiger partial charge in [0.25, 0.3) is 0 Å². The molecule has 0 amide bonds. The zero-order valence-electron chi connectivity index (χ0n) is 13.2. The Morgan fingerprint density at radius 3 is 2.24 bits per heavy atom. The molecular weight excluding hydrogens is 384 g/mol. The number of fused-ring (bicyclic) bond motifs is 1. The van der Waals surface area contributed by atoms with Crippen molar-refractivity contribution in [3.8, 4) is 5.75 Å². The van der Waals surface area contributed by atoms with E-state index in [1.54, 1.807) is 54.6 Å². The Bertz CT molecular complexity index is 961. The van der Waals surface area contributed by atoms with E-state index >= 15 is 0 Å². The normalized spacial score (nSPS) is 10.8. The van der Waals surface area contributed by atoms with Crippen molar-refractivity contribution in [2.45, 2.75) is 12.8 Å². The first-order chi connectivity index (χ1) is 12.0. The zero-order valence-corrected chi connectivity index (χ0v) is 14.8. The van der Waals surface area contributed by atoms with Crippen LogP contribution in [0, 0.1) is 0 Å². The van der Waals surface area contributed by atoms with Crippen LogP contribution >= 0.6 is 15.9 Å². The molecule has 0 spiro atoms. The van der Waals surface area contributed by atoms with Crippen molar-refractivity contribution in [1.82, 2.24) is 0 Å². The molecule has 3 rings (SSSR count). The quantitative estimate of drug-likeness (QED) is 0.617. The number of carboxylic acid groups (broad SMARTS) is 1. The number of carboxylic acids is 1. The summed E-state index contributed by atoms with van der Waals surface area (Å²) in [5.41, 5.74) is 1.45. The fraction of sp³-hybridized carbons (Fsp3) is 0.100. The average molecular weight is 399 g/mol. The summed E-state index contributed by atoms with van der Waals surface area (Å²) < 4.78 is 0.877. The van der Waals surface area contributed by atoms with Gasteiger partial charge < -0.3 is 10.2 Å². The molecule has 0 radical (unpaired) electrons. The zero-order chi connectivity index (χ0) is 18.0. The molecule has 126 valence electrons. The van der Waals surface area contributed by atoms with E-state index in [2.05, 4.69) is 15.9 Å². The number of benzene rings is 3. The van der Waals surface area contributed by atoms with Crippen LogP contribution in [0.3, 0.4) is 0 Å². The van der Waals surface area contributed by atoms with Crippen LogP contribution in [0.4, 0.5) is 0 Å². The fourth-order valence-electron chi connectivity index (χ4n) is 2.79. The van der Waals surface area contributed by atoms with Crippen molar-refractivity contribution in [3.63, 3.8) is 0 Å². The summed E-state index contributed by atoms with van der Waals surface area (Å²) in [6.07, 6.45) is 0.0461. The number of aryl methyl sites for hydroxylation is 1. The van der Waals surface area contributed by atoms with Crippen molar-refractivity contribution in [2.75, 3.05) is 0 Å². The highest BCUT2D eigenvalue weighted by Gasteiger charge is 2.18. The van der Waals surface area contributed by atoms with Crippen LogP contribution in [-0.4, -0.2) is 22.0 Å². The lowest BCUT2D eigenvalue weighted by Crippen LogP contribution is -2.05. The largest absolute Gasteiger partial charge is 0.507 e. The highest BCUT2D eigenvalue weighted by molar-refractivity contribution is 9.10. The molecule has 0 bridgehead atoms. The number of hydrogen-bond donors (Lipinski definition) is 2. The van der Waals surface area contributed by atoms with E-state index in [1.165, 1.54) is 0 Å². The molecule has 0 aliphatic carbocycles. The van der Waals surface area contributed by atoms with Gasteiger partial charge in [-0.25, -0.2) is 0 Å². The van der Waals surface area contributed by atoms with Gasteiger partial charge in [-0.3, -0.25) is 9.59 Å². The van der Waals surface area contributed by atoms with Crippen LogP contribution in [0.25, 0.3) is 10.8 Å². The Labute approximate surface area is 152 Å². The molecular formula is C20H15BrO4. The summed E-state index contributed by atoms with van der Waals surface area (Å²) in [6.45, 7) is 0. The van der Waals surface area contributed by atoms with Gasteiger partial charge in [0.2, 0.25) is 0 Å². The predicted molar refractivity (Wildman–Crippen MR) is 99.1 cm³/mol. The Kier molecular flexibility index (Phi) is 4.86. The lowest BCUT2D eigenvalue weighted by molar-refractivity contribution is -0.136. The summed E-state index contributed by atoms with van der Waals surface area (Å²) in [7, 11) is 0. The lowest BCUT2D eigenvalue weighted by atomic mass is 9.92. The molecule has 0 aliphatic heterocycles. The van der Waals surface area contributed by atoms with Crippen LogP contribution in [0.5, 0.6) is 5.75 Å². The number of rotatable bonds is 5. The van der Waals surface area contributed by atoms with Gasteiger partial charge in [-0.15, -0.1) is 0 Å². The fourth-order valence-corrected chi connectivity index (χ4v) is 3.06. The maximum atomic E-state index is 13.0. The number of carbonyl (C=O) groups is 2. The van der Waals surface area contributed by atoms with Crippen LogP contribution in [0.1, 0.15) is 27.9 Å². The average Bonchev–Trinajstić information content (AvgIpc) is 2.61. The van der Waals surface area contributed by atoms with Crippen LogP contribution in [0.2, 0.25) is 0 Å². The lowest BCUT2D eigenvalue weighted by Gasteiger charge is -2.12. The Balaban J connectivity index is 2.15.